The number of carbonyl (C=O) groups is 9. The lowest BCUT2D eigenvalue weighted by Crippen LogP contribution is -2.62. The molecule has 1 saturated heterocycles. The molecule has 24 heteroatoms. The Hall–Kier alpha value is -7.01. The fourth-order valence-corrected chi connectivity index (χ4v) is 6.93. The van der Waals surface area contributed by atoms with E-state index in [1.54, 1.807) is 58.0 Å². The number of carboxylic acid groups (broad SMARTS) is 1. The molecule has 67 heavy (non-hydrogen) atoms. The topological polar surface area (TPSA) is 390 Å². The molecular formula is C43H70N14O10. The van der Waals surface area contributed by atoms with Crippen molar-refractivity contribution in [1.29, 1.82) is 0 Å². The van der Waals surface area contributed by atoms with Gasteiger partial charge in [0.25, 0.3) is 0 Å². The summed E-state index contributed by atoms with van der Waals surface area (Å²) in [5, 5.41) is 27.7. The number of carboxylic acids is 1. The molecular weight excluding hydrogens is 873 g/mol. The average Bonchev–Trinajstić information content (AvgIpc) is 3.24. The molecule has 1 aromatic rings. The number of aliphatic carboxylic acids is 1. The minimum Gasteiger partial charge on any atom is -0.481 e. The maximum Gasteiger partial charge on any atom is 0.305 e. The summed E-state index contributed by atoms with van der Waals surface area (Å²) in [7, 11) is 1.35. The zero-order valence-corrected chi connectivity index (χ0v) is 39.3. The standard InChI is InChI=1S/C43H70N14O10/c1-22(2)19-29-37(63)54-30(21-32(58)59)38(64)56-33(23(3)4)40(66)51-24(5)34(60)50-25(6)35(61)52-27(15-11-17-48-42(44)45)36(62)53-28(16-12-18-49-43(46)47)41(67)57(7)31(39(65)55-29)20-26-13-9-8-10-14-26/h8-10,13-14,22-25,27-31,33H,11-12,15-21H2,1-7H3,(H,50,60)(H,51,66)(H,52,61)(H,53,62)(H,54,63)(H,55,65)(H,56,64)(H,58,59)(H4,44,45,48)(H4,46,47,49)/t24-,25-,27-,28-,29+,30+,31+,33+/m1/s1. The summed E-state index contributed by atoms with van der Waals surface area (Å²) in [6.45, 7) is 9.49. The molecule has 0 unspecified atom stereocenters. The van der Waals surface area contributed by atoms with Gasteiger partial charge in [0.05, 0.1) is 6.42 Å². The van der Waals surface area contributed by atoms with Crippen LogP contribution in [0, 0.1) is 11.8 Å². The zero-order chi connectivity index (χ0) is 50.5. The van der Waals surface area contributed by atoms with Gasteiger partial charge < -0.3 is 70.2 Å². The average molecular weight is 943 g/mol. The van der Waals surface area contributed by atoms with E-state index in [1.807, 2.05) is 0 Å². The quantitative estimate of drug-likeness (QED) is 0.0468. The monoisotopic (exact) mass is 943 g/mol. The van der Waals surface area contributed by atoms with Crippen LogP contribution in [-0.2, 0) is 49.6 Å². The van der Waals surface area contributed by atoms with Crippen LogP contribution in [0.5, 0.6) is 0 Å². The molecule has 1 aliphatic rings. The second-order valence-corrected chi connectivity index (χ2v) is 17.2. The molecule has 1 heterocycles. The number of rotatable bonds is 15. The van der Waals surface area contributed by atoms with Gasteiger partial charge in [0.15, 0.2) is 11.9 Å². The van der Waals surface area contributed by atoms with Crippen LogP contribution in [0.3, 0.4) is 0 Å². The summed E-state index contributed by atoms with van der Waals surface area (Å²) in [5.41, 5.74) is 22.6. The van der Waals surface area contributed by atoms with Gasteiger partial charge in [-0.05, 0) is 63.4 Å². The maximum atomic E-state index is 14.7. The molecule has 16 N–H and O–H groups in total. The van der Waals surface area contributed by atoms with Gasteiger partial charge in [0, 0.05) is 26.6 Å². The number of carbonyl (C=O) groups excluding carboxylic acids is 8. The van der Waals surface area contributed by atoms with Crippen LogP contribution in [0.1, 0.15) is 85.6 Å². The van der Waals surface area contributed by atoms with E-state index in [0.717, 1.165) is 4.90 Å². The Morgan fingerprint density at radius 3 is 1.61 bits per heavy atom. The third-order valence-corrected chi connectivity index (χ3v) is 10.6. The van der Waals surface area contributed by atoms with Crippen LogP contribution < -0.4 is 60.2 Å². The van der Waals surface area contributed by atoms with Crippen molar-refractivity contribution in [2.45, 2.75) is 135 Å². The second kappa shape index (κ2) is 27.5. The lowest BCUT2D eigenvalue weighted by molar-refractivity contribution is -0.143. The van der Waals surface area contributed by atoms with Crippen molar-refractivity contribution in [2.24, 2.45) is 44.8 Å². The summed E-state index contributed by atoms with van der Waals surface area (Å²) in [5.74, 6) is -9.52. The first kappa shape index (κ1) is 56.1. The fraction of sp³-hybridized carbons (Fsp3) is 0.605. The number of nitrogens with one attached hydrogen (secondary N) is 7. The Labute approximate surface area is 390 Å². The molecule has 0 bridgehead atoms. The maximum absolute atomic E-state index is 14.7. The van der Waals surface area contributed by atoms with E-state index in [-0.39, 0.29) is 69.5 Å². The molecule has 2 rings (SSSR count). The number of hydrogen-bond donors (Lipinski definition) is 12. The lowest BCUT2D eigenvalue weighted by Gasteiger charge is -2.33. The Bertz CT molecular complexity index is 1960. The third kappa shape index (κ3) is 19.6. The van der Waals surface area contributed by atoms with Gasteiger partial charge in [-0.3, -0.25) is 53.1 Å². The highest BCUT2D eigenvalue weighted by molar-refractivity contribution is 5.99. The van der Waals surface area contributed by atoms with Gasteiger partial charge in [-0.15, -0.1) is 0 Å². The summed E-state index contributed by atoms with van der Waals surface area (Å²) < 4.78 is 0. The van der Waals surface area contributed by atoms with E-state index in [2.05, 4.69) is 47.2 Å². The van der Waals surface area contributed by atoms with Crippen LogP contribution in [0.15, 0.2) is 40.3 Å². The minimum absolute atomic E-state index is 0.00403. The van der Waals surface area contributed by atoms with E-state index in [9.17, 15) is 48.3 Å². The Balaban J connectivity index is 2.81. The summed E-state index contributed by atoms with van der Waals surface area (Å²) in [4.78, 5) is 133. The van der Waals surface area contributed by atoms with Crippen LogP contribution in [-0.4, -0.2) is 144 Å². The van der Waals surface area contributed by atoms with Gasteiger partial charge in [0.1, 0.15) is 48.3 Å². The molecule has 0 radical (unpaired) electrons. The number of guanidine groups is 2. The van der Waals surface area contributed by atoms with E-state index < -0.39 is 114 Å². The summed E-state index contributed by atoms with van der Waals surface area (Å²) in [6, 6.07) is -2.34. The van der Waals surface area contributed by atoms with Crippen molar-refractivity contribution < 1.29 is 48.3 Å². The number of aliphatic imine (C=N–C) groups is 2. The first-order valence-corrected chi connectivity index (χ1v) is 22.2. The highest BCUT2D eigenvalue weighted by Crippen LogP contribution is 2.15. The highest BCUT2D eigenvalue weighted by Gasteiger charge is 2.38. The Morgan fingerprint density at radius 1 is 0.627 bits per heavy atom. The predicted octanol–water partition coefficient (Wildman–Crippen LogP) is -3.21. The van der Waals surface area contributed by atoms with Gasteiger partial charge in [-0.25, -0.2) is 0 Å². The van der Waals surface area contributed by atoms with Crippen molar-refractivity contribution >= 4 is 65.1 Å². The first-order chi connectivity index (χ1) is 31.4. The number of benzene rings is 1. The molecule has 24 nitrogen and oxygen atoms in total. The summed E-state index contributed by atoms with van der Waals surface area (Å²) in [6.07, 6.45) is -0.737. The number of amides is 8. The summed E-state index contributed by atoms with van der Waals surface area (Å²) >= 11 is 0. The van der Waals surface area contributed by atoms with Crippen LogP contribution >= 0.6 is 0 Å². The van der Waals surface area contributed by atoms with Crippen LogP contribution in [0.2, 0.25) is 0 Å². The van der Waals surface area contributed by atoms with E-state index in [4.69, 9.17) is 22.9 Å². The molecule has 372 valence electrons. The fourth-order valence-electron chi connectivity index (χ4n) is 6.93. The number of hydrogen-bond acceptors (Lipinski definition) is 11. The van der Waals surface area contributed by atoms with Gasteiger partial charge in [-0.2, -0.15) is 0 Å². The Kier molecular flexibility index (Phi) is 23.0. The lowest BCUT2D eigenvalue weighted by atomic mass is 9.99. The molecule has 1 fully saturated rings. The molecule has 8 amide bonds. The highest BCUT2D eigenvalue weighted by atomic mass is 16.4. The molecule has 1 aliphatic heterocycles. The molecule has 0 saturated carbocycles. The van der Waals surface area contributed by atoms with Crippen molar-refractivity contribution in [2.75, 3.05) is 20.1 Å². The molecule has 0 spiro atoms. The van der Waals surface area contributed by atoms with E-state index in [0.29, 0.717) is 5.56 Å². The SMILES string of the molecule is CC(C)C[C@@H]1NC(=O)[C@H](Cc2ccccc2)N(C)C(=O)[C@@H](CCCN=C(N)N)NC(=O)[C@@H](CCCN=C(N)N)NC(=O)[C@@H](C)NC(=O)[C@@H](C)NC(=O)[C@H](C(C)C)NC(=O)[C@H](CC(=O)O)NC1=O. The van der Waals surface area contributed by atoms with Crippen LogP contribution in [0.25, 0.3) is 0 Å². The van der Waals surface area contributed by atoms with Crippen molar-refractivity contribution in [3.63, 3.8) is 0 Å². The predicted molar refractivity (Wildman–Crippen MR) is 248 cm³/mol. The second-order valence-electron chi connectivity index (χ2n) is 17.2. The first-order valence-electron chi connectivity index (χ1n) is 22.2. The molecule has 1 aromatic carbocycles. The van der Waals surface area contributed by atoms with E-state index >= 15 is 0 Å². The molecule has 0 aromatic heterocycles. The minimum atomic E-state index is -1.74. The number of likely N-dealkylation sites (N-methyl/N-ethyl adjacent to an activating group) is 1. The van der Waals surface area contributed by atoms with Gasteiger partial charge in [-0.1, -0.05) is 58.0 Å². The van der Waals surface area contributed by atoms with Crippen LogP contribution in [0.4, 0.5) is 0 Å². The normalized spacial score (nSPS) is 24.5. The molecule has 8 atom stereocenters. The van der Waals surface area contributed by atoms with Crippen molar-refractivity contribution in [3.8, 4) is 0 Å². The smallest absolute Gasteiger partial charge is 0.305 e. The third-order valence-electron chi connectivity index (χ3n) is 10.6. The number of nitrogens with zero attached hydrogens (tertiary/aromatic N) is 3. The molecule has 0 aliphatic carbocycles. The van der Waals surface area contributed by atoms with Gasteiger partial charge in [0.2, 0.25) is 47.3 Å². The van der Waals surface area contributed by atoms with Crippen molar-refractivity contribution in [1.82, 2.24) is 42.1 Å². The Morgan fingerprint density at radius 2 is 1.09 bits per heavy atom. The van der Waals surface area contributed by atoms with Crippen molar-refractivity contribution in [3.05, 3.63) is 35.9 Å². The van der Waals surface area contributed by atoms with Gasteiger partial charge >= 0.3 is 5.97 Å². The number of nitrogens with two attached hydrogens (primary N) is 4. The zero-order valence-electron chi connectivity index (χ0n) is 39.3. The van der Waals surface area contributed by atoms with E-state index in [1.165, 1.54) is 20.9 Å². The largest absolute Gasteiger partial charge is 0.481 e.